The summed E-state index contributed by atoms with van der Waals surface area (Å²) < 4.78 is 5.51. The van der Waals surface area contributed by atoms with Crippen LogP contribution in [0, 0.1) is 17.0 Å². The fourth-order valence-electron chi connectivity index (χ4n) is 2.30. The lowest BCUT2D eigenvalue weighted by Gasteiger charge is -2.37. The molecule has 1 aromatic rings. The highest BCUT2D eigenvalue weighted by molar-refractivity contribution is 6.18. The number of nitrogens with zero attached hydrogens (tertiary/aromatic N) is 2. The Morgan fingerprint density at radius 2 is 2.29 bits per heavy atom. The van der Waals surface area contributed by atoms with Crippen molar-refractivity contribution in [3.8, 4) is 0 Å². The number of non-ortho nitro benzene ring substituents is 1. The van der Waals surface area contributed by atoms with Gasteiger partial charge >= 0.3 is 0 Å². The number of carbonyl (C=O) groups is 1. The molecule has 21 heavy (non-hydrogen) atoms. The smallest absolute Gasteiger partial charge is 0.270 e. The maximum Gasteiger partial charge on any atom is 0.270 e. The van der Waals surface area contributed by atoms with Crippen molar-refractivity contribution in [3.05, 3.63) is 39.4 Å². The van der Waals surface area contributed by atoms with E-state index in [1.54, 1.807) is 17.9 Å². The lowest BCUT2D eigenvalue weighted by atomic mass is 10.0. The van der Waals surface area contributed by atoms with Gasteiger partial charge < -0.3 is 9.64 Å². The number of hydrogen-bond acceptors (Lipinski definition) is 4. The number of alkyl halides is 1. The lowest BCUT2D eigenvalue weighted by Crippen LogP contribution is -2.51. The molecule has 1 aliphatic heterocycles. The molecule has 0 N–H and O–H groups in total. The molecular formula is C14H17ClN2O4. The average molecular weight is 313 g/mol. The highest BCUT2D eigenvalue weighted by Gasteiger charge is 2.31. The van der Waals surface area contributed by atoms with Crippen molar-refractivity contribution in [2.45, 2.75) is 26.0 Å². The number of benzene rings is 1. The van der Waals surface area contributed by atoms with Crippen LogP contribution in [0.15, 0.2) is 18.2 Å². The predicted octanol–water partition coefficient (Wildman–Crippen LogP) is 2.37. The average Bonchev–Trinajstić information content (AvgIpc) is 2.47. The van der Waals surface area contributed by atoms with Crippen LogP contribution >= 0.6 is 11.6 Å². The van der Waals surface area contributed by atoms with Crippen molar-refractivity contribution in [1.29, 1.82) is 0 Å². The molecule has 0 bridgehead atoms. The second kappa shape index (κ2) is 6.41. The third-order valence-electron chi connectivity index (χ3n) is 3.60. The molecule has 114 valence electrons. The van der Waals surface area contributed by atoms with Crippen molar-refractivity contribution >= 4 is 23.2 Å². The second-order valence-corrected chi connectivity index (χ2v) is 5.48. The number of morpholine rings is 1. The zero-order chi connectivity index (χ0) is 15.6. The molecule has 1 heterocycles. The minimum absolute atomic E-state index is 0.0845. The Kier molecular flexibility index (Phi) is 4.80. The maximum atomic E-state index is 12.7. The largest absolute Gasteiger partial charge is 0.373 e. The van der Waals surface area contributed by atoms with E-state index in [0.29, 0.717) is 30.2 Å². The monoisotopic (exact) mass is 312 g/mol. The van der Waals surface area contributed by atoms with E-state index in [4.69, 9.17) is 16.3 Å². The number of halogens is 1. The highest BCUT2D eigenvalue weighted by Crippen LogP contribution is 2.22. The molecule has 1 fully saturated rings. The Morgan fingerprint density at radius 3 is 2.90 bits per heavy atom. The molecule has 1 amide bonds. The summed E-state index contributed by atoms with van der Waals surface area (Å²) in [4.78, 5) is 24.7. The summed E-state index contributed by atoms with van der Waals surface area (Å²) in [5.41, 5.74) is 0.983. The summed E-state index contributed by atoms with van der Waals surface area (Å²) in [6.07, 6.45) is -0.203. The molecule has 7 heteroatoms. The number of aryl methyl sites for hydroxylation is 1. The van der Waals surface area contributed by atoms with Crippen LogP contribution in [-0.4, -0.2) is 46.9 Å². The Balaban J connectivity index is 2.30. The number of ether oxygens (including phenoxy) is 1. The fraction of sp³-hybridized carbons (Fsp3) is 0.500. The van der Waals surface area contributed by atoms with Gasteiger partial charge in [0, 0.05) is 24.2 Å². The van der Waals surface area contributed by atoms with Gasteiger partial charge in [-0.3, -0.25) is 14.9 Å². The third-order valence-corrected chi connectivity index (χ3v) is 3.95. The molecule has 0 spiro atoms. The number of amides is 1. The van der Waals surface area contributed by atoms with E-state index in [0.717, 1.165) is 0 Å². The van der Waals surface area contributed by atoms with Crippen molar-refractivity contribution in [3.63, 3.8) is 0 Å². The first-order valence-corrected chi connectivity index (χ1v) is 7.21. The summed E-state index contributed by atoms with van der Waals surface area (Å²) in [5.74, 6) is 0.0897. The maximum absolute atomic E-state index is 12.7. The molecule has 2 atom stereocenters. The molecule has 0 saturated carbocycles. The van der Waals surface area contributed by atoms with Gasteiger partial charge in [0.05, 0.1) is 29.6 Å². The van der Waals surface area contributed by atoms with Gasteiger partial charge in [0.1, 0.15) is 0 Å². The first-order valence-electron chi connectivity index (χ1n) is 6.67. The van der Waals surface area contributed by atoms with Crippen LogP contribution in [0.2, 0.25) is 0 Å². The number of rotatable bonds is 3. The summed E-state index contributed by atoms with van der Waals surface area (Å²) >= 11 is 5.79. The Labute approximate surface area is 127 Å². The standard InChI is InChI=1S/C14H17ClN2O4/c1-9-3-4-11(17(19)20)5-13(9)14(18)16-7-12(6-15)21-8-10(16)2/h3-5,10,12H,6-8H2,1-2H3. The highest BCUT2D eigenvalue weighted by atomic mass is 35.5. The van der Waals surface area contributed by atoms with E-state index in [-0.39, 0.29) is 23.7 Å². The topological polar surface area (TPSA) is 72.7 Å². The van der Waals surface area contributed by atoms with Crippen LogP contribution in [0.1, 0.15) is 22.8 Å². The quantitative estimate of drug-likeness (QED) is 0.488. The van der Waals surface area contributed by atoms with E-state index in [2.05, 4.69) is 0 Å². The first kappa shape index (κ1) is 15.7. The molecule has 6 nitrogen and oxygen atoms in total. The summed E-state index contributed by atoms with van der Waals surface area (Å²) in [5, 5.41) is 10.9. The molecule has 1 aromatic carbocycles. The number of carbonyl (C=O) groups excluding carboxylic acids is 1. The molecule has 0 aliphatic carbocycles. The minimum atomic E-state index is -0.499. The van der Waals surface area contributed by atoms with Gasteiger partial charge in [-0.25, -0.2) is 0 Å². The zero-order valence-electron chi connectivity index (χ0n) is 11.9. The van der Waals surface area contributed by atoms with Crippen molar-refractivity contribution < 1.29 is 14.5 Å². The summed E-state index contributed by atoms with van der Waals surface area (Å²) in [6.45, 7) is 4.46. The van der Waals surface area contributed by atoms with Gasteiger partial charge in [0.25, 0.3) is 11.6 Å². The number of hydrogen-bond donors (Lipinski definition) is 0. The van der Waals surface area contributed by atoms with Gasteiger partial charge in [0.2, 0.25) is 0 Å². The molecule has 1 aliphatic rings. The first-order chi connectivity index (χ1) is 9.93. The van der Waals surface area contributed by atoms with Crippen LogP contribution in [-0.2, 0) is 4.74 Å². The van der Waals surface area contributed by atoms with Gasteiger partial charge in [-0.15, -0.1) is 11.6 Å². The number of nitro benzene ring substituents is 1. The molecule has 2 unspecified atom stereocenters. The minimum Gasteiger partial charge on any atom is -0.373 e. The Morgan fingerprint density at radius 1 is 1.57 bits per heavy atom. The van der Waals surface area contributed by atoms with Gasteiger partial charge in [-0.2, -0.15) is 0 Å². The fourth-order valence-corrected chi connectivity index (χ4v) is 2.49. The van der Waals surface area contributed by atoms with E-state index < -0.39 is 4.92 Å². The second-order valence-electron chi connectivity index (χ2n) is 5.17. The van der Waals surface area contributed by atoms with Gasteiger partial charge in [0.15, 0.2) is 0 Å². The van der Waals surface area contributed by atoms with Crippen LogP contribution in [0.4, 0.5) is 5.69 Å². The van der Waals surface area contributed by atoms with E-state index in [1.165, 1.54) is 12.1 Å². The van der Waals surface area contributed by atoms with E-state index >= 15 is 0 Å². The molecule has 0 radical (unpaired) electrons. The predicted molar refractivity (Wildman–Crippen MR) is 78.8 cm³/mol. The van der Waals surface area contributed by atoms with Crippen molar-refractivity contribution in [2.75, 3.05) is 19.0 Å². The van der Waals surface area contributed by atoms with Crippen molar-refractivity contribution in [2.24, 2.45) is 0 Å². The van der Waals surface area contributed by atoms with E-state index in [9.17, 15) is 14.9 Å². The molecular weight excluding hydrogens is 296 g/mol. The van der Waals surface area contributed by atoms with Crippen LogP contribution in [0.25, 0.3) is 0 Å². The Hall–Kier alpha value is -1.66. The normalized spacial score (nSPS) is 22.1. The SMILES string of the molecule is Cc1ccc([N+](=O)[O-])cc1C(=O)N1CC(CCl)OCC1C. The van der Waals surface area contributed by atoms with Crippen LogP contribution < -0.4 is 0 Å². The Bertz CT molecular complexity index is 564. The lowest BCUT2D eigenvalue weighted by molar-refractivity contribution is -0.384. The van der Waals surface area contributed by atoms with Crippen LogP contribution in [0.5, 0.6) is 0 Å². The number of nitro groups is 1. The van der Waals surface area contributed by atoms with E-state index in [1.807, 2.05) is 6.92 Å². The molecule has 0 aromatic heterocycles. The summed E-state index contributed by atoms with van der Waals surface area (Å²) in [6, 6.07) is 4.23. The third kappa shape index (κ3) is 3.33. The van der Waals surface area contributed by atoms with Gasteiger partial charge in [-0.05, 0) is 19.4 Å². The van der Waals surface area contributed by atoms with Gasteiger partial charge in [-0.1, -0.05) is 6.07 Å². The zero-order valence-corrected chi connectivity index (χ0v) is 12.7. The summed E-state index contributed by atoms with van der Waals surface area (Å²) in [7, 11) is 0. The molecule has 2 rings (SSSR count). The van der Waals surface area contributed by atoms with Crippen molar-refractivity contribution in [1.82, 2.24) is 4.90 Å². The molecule has 1 saturated heterocycles. The van der Waals surface area contributed by atoms with Crippen LogP contribution in [0.3, 0.4) is 0 Å².